The van der Waals surface area contributed by atoms with Gasteiger partial charge in [0.2, 0.25) is 5.91 Å². The Morgan fingerprint density at radius 1 is 1.30 bits per heavy atom. The van der Waals surface area contributed by atoms with E-state index in [-0.39, 0.29) is 30.3 Å². The fourth-order valence-corrected chi connectivity index (χ4v) is 4.03. The highest BCUT2D eigenvalue weighted by molar-refractivity contribution is 6.09. The molecule has 146 valence electrons. The molecule has 0 unspecified atom stereocenters. The minimum Gasteiger partial charge on any atom is -0.349 e. The van der Waals surface area contributed by atoms with Crippen molar-refractivity contribution in [2.45, 2.75) is 58.5 Å². The Kier molecular flexibility index (Phi) is 5.22. The number of urea groups is 1. The van der Waals surface area contributed by atoms with Crippen LogP contribution in [0.15, 0.2) is 24.4 Å². The molecule has 1 spiro atoms. The fourth-order valence-electron chi connectivity index (χ4n) is 4.03. The number of rotatable bonds is 4. The highest BCUT2D eigenvalue weighted by Gasteiger charge is 2.53. The molecule has 2 aliphatic rings. The van der Waals surface area contributed by atoms with Crippen molar-refractivity contribution >= 4 is 17.8 Å². The molecule has 0 atom stereocenters. The molecule has 2 heterocycles. The predicted molar refractivity (Wildman–Crippen MR) is 100 cm³/mol. The molecular formula is C20H28N4O3. The molecule has 1 aliphatic carbocycles. The number of amides is 4. The van der Waals surface area contributed by atoms with Gasteiger partial charge >= 0.3 is 6.03 Å². The maximum Gasteiger partial charge on any atom is 0.325 e. The molecule has 2 N–H and O–H groups in total. The largest absolute Gasteiger partial charge is 0.349 e. The van der Waals surface area contributed by atoms with Crippen molar-refractivity contribution in [1.82, 2.24) is 20.5 Å². The number of carbonyl (C=O) groups excluding carboxylic acids is 3. The van der Waals surface area contributed by atoms with Gasteiger partial charge in [-0.25, -0.2) is 4.79 Å². The second-order valence-electron chi connectivity index (χ2n) is 8.64. The van der Waals surface area contributed by atoms with E-state index in [4.69, 9.17) is 0 Å². The molecule has 0 aromatic carbocycles. The first kappa shape index (κ1) is 19.3. The van der Waals surface area contributed by atoms with E-state index >= 15 is 0 Å². The summed E-state index contributed by atoms with van der Waals surface area (Å²) in [5.41, 5.74) is 0.0818. The van der Waals surface area contributed by atoms with Crippen molar-refractivity contribution in [3.05, 3.63) is 30.1 Å². The lowest BCUT2D eigenvalue weighted by molar-refractivity contribution is -0.136. The third-order valence-electron chi connectivity index (χ3n) is 5.80. The number of pyridine rings is 1. The lowest BCUT2D eigenvalue weighted by Gasteiger charge is -2.40. The van der Waals surface area contributed by atoms with Gasteiger partial charge in [0, 0.05) is 6.20 Å². The standard InChI is InChI=1S/C20H28N4O3/c1-19(2,3)14-7-9-20(10-8-14)17(26)24(18(27)23-20)13-16(25)22-12-15-6-4-5-11-21-15/h4-6,11,14H,7-10,12-13H2,1-3H3,(H,22,25)(H,23,27). The predicted octanol–water partition coefficient (Wildman–Crippen LogP) is 2.22. The summed E-state index contributed by atoms with van der Waals surface area (Å²) < 4.78 is 0. The summed E-state index contributed by atoms with van der Waals surface area (Å²) in [6.45, 7) is 6.64. The van der Waals surface area contributed by atoms with Gasteiger partial charge in [-0.3, -0.25) is 19.5 Å². The molecule has 0 bridgehead atoms. The van der Waals surface area contributed by atoms with Crippen LogP contribution in [0, 0.1) is 11.3 Å². The van der Waals surface area contributed by atoms with Crippen LogP contribution in [-0.2, 0) is 16.1 Å². The molecule has 1 saturated heterocycles. The van der Waals surface area contributed by atoms with Crippen molar-refractivity contribution in [2.24, 2.45) is 11.3 Å². The molecule has 2 fully saturated rings. The normalized spacial score (nSPS) is 25.6. The summed E-state index contributed by atoms with van der Waals surface area (Å²) >= 11 is 0. The molecule has 3 rings (SSSR count). The summed E-state index contributed by atoms with van der Waals surface area (Å²) in [4.78, 5) is 42.6. The van der Waals surface area contributed by atoms with E-state index in [2.05, 4.69) is 36.4 Å². The zero-order chi connectivity index (χ0) is 19.7. The highest BCUT2D eigenvalue weighted by Crippen LogP contribution is 2.43. The first-order chi connectivity index (χ1) is 12.7. The third kappa shape index (κ3) is 4.12. The van der Waals surface area contributed by atoms with Crippen LogP contribution in [0.1, 0.15) is 52.1 Å². The number of nitrogens with zero attached hydrogens (tertiary/aromatic N) is 2. The summed E-state index contributed by atoms with van der Waals surface area (Å²) in [6.07, 6.45) is 4.71. The number of imide groups is 1. The number of carbonyl (C=O) groups is 3. The molecule has 7 nitrogen and oxygen atoms in total. The second kappa shape index (κ2) is 7.29. The number of hydrogen-bond acceptors (Lipinski definition) is 4. The smallest absolute Gasteiger partial charge is 0.325 e. The van der Waals surface area contributed by atoms with Crippen LogP contribution in [0.25, 0.3) is 0 Å². The van der Waals surface area contributed by atoms with Crippen LogP contribution in [0.4, 0.5) is 4.79 Å². The summed E-state index contributed by atoms with van der Waals surface area (Å²) in [7, 11) is 0. The van der Waals surface area contributed by atoms with Crippen molar-refractivity contribution in [2.75, 3.05) is 6.54 Å². The molecule has 0 radical (unpaired) electrons. The number of nitrogens with one attached hydrogen (secondary N) is 2. The van der Waals surface area contributed by atoms with Gasteiger partial charge in [-0.1, -0.05) is 26.8 Å². The molecular weight excluding hydrogens is 344 g/mol. The Labute approximate surface area is 159 Å². The van der Waals surface area contributed by atoms with E-state index in [1.165, 1.54) is 0 Å². The van der Waals surface area contributed by atoms with E-state index < -0.39 is 11.6 Å². The van der Waals surface area contributed by atoms with E-state index in [1.807, 2.05) is 6.07 Å². The number of hydrogen-bond donors (Lipinski definition) is 2. The van der Waals surface area contributed by atoms with E-state index in [0.29, 0.717) is 18.8 Å². The minimum atomic E-state index is -0.833. The first-order valence-electron chi connectivity index (χ1n) is 9.52. The van der Waals surface area contributed by atoms with Crippen LogP contribution < -0.4 is 10.6 Å². The fraction of sp³-hybridized carbons (Fsp3) is 0.600. The van der Waals surface area contributed by atoms with Crippen LogP contribution >= 0.6 is 0 Å². The lowest BCUT2D eigenvalue weighted by Crippen LogP contribution is -2.51. The molecule has 1 aromatic heterocycles. The third-order valence-corrected chi connectivity index (χ3v) is 5.80. The Hall–Kier alpha value is -2.44. The highest BCUT2D eigenvalue weighted by atomic mass is 16.2. The van der Waals surface area contributed by atoms with E-state index in [1.54, 1.807) is 18.3 Å². The van der Waals surface area contributed by atoms with Crippen LogP contribution in [0.5, 0.6) is 0 Å². The summed E-state index contributed by atoms with van der Waals surface area (Å²) in [6, 6.07) is 4.97. The Morgan fingerprint density at radius 3 is 2.59 bits per heavy atom. The van der Waals surface area contributed by atoms with Crippen LogP contribution in [-0.4, -0.2) is 39.8 Å². The monoisotopic (exact) mass is 372 g/mol. The van der Waals surface area contributed by atoms with Gasteiger partial charge in [-0.05, 0) is 49.1 Å². The number of aromatic nitrogens is 1. The Morgan fingerprint density at radius 2 is 2.00 bits per heavy atom. The van der Waals surface area contributed by atoms with Crippen molar-refractivity contribution < 1.29 is 14.4 Å². The van der Waals surface area contributed by atoms with Gasteiger partial charge < -0.3 is 10.6 Å². The summed E-state index contributed by atoms with van der Waals surface area (Å²) in [5.74, 6) is -0.110. The zero-order valence-electron chi connectivity index (χ0n) is 16.2. The first-order valence-corrected chi connectivity index (χ1v) is 9.52. The second-order valence-corrected chi connectivity index (χ2v) is 8.64. The maximum atomic E-state index is 12.9. The molecule has 1 saturated carbocycles. The molecule has 1 aliphatic heterocycles. The van der Waals surface area contributed by atoms with Crippen molar-refractivity contribution in [3.63, 3.8) is 0 Å². The lowest BCUT2D eigenvalue weighted by atomic mass is 9.67. The molecule has 7 heteroatoms. The van der Waals surface area contributed by atoms with Gasteiger partial charge in [-0.15, -0.1) is 0 Å². The Bertz CT molecular complexity index is 718. The topological polar surface area (TPSA) is 91.4 Å². The van der Waals surface area contributed by atoms with Gasteiger partial charge in [0.15, 0.2) is 0 Å². The van der Waals surface area contributed by atoms with Crippen LogP contribution in [0.3, 0.4) is 0 Å². The molecule has 4 amide bonds. The molecule has 1 aromatic rings. The Balaban J connectivity index is 1.57. The zero-order valence-corrected chi connectivity index (χ0v) is 16.2. The molecule has 27 heavy (non-hydrogen) atoms. The van der Waals surface area contributed by atoms with Crippen LogP contribution in [0.2, 0.25) is 0 Å². The van der Waals surface area contributed by atoms with E-state index in [9.17, 15) is 14.4 Å². The SMILES string of the molecule is CC(C)(C)C1CCC2(CC1)NC(=O)N(CC(=O)NCc1ccccn1)C2=O. The minimum absolute atomic E-state index is 0.193. The maximum absolute atomic E-state index is 12.9. The summed E-state index contributed by atoms with van der Waals surface area (Å²) in [5, 5.41) is 5.58. The van der Waals surface area contributed by atoms with Gasteiger partial charge in [0.25, 0.3) is 5.91 Å². The van der Waals surface area contributed by atoms with Gasteiger partial charge in [0.1, 0.15) is 12.1 Å². The van der Waals surface area contributed by atoms with Gasteiger partial charge in [0.05, 0.1) is 12.2 Å². The average molecular weight is 372 g/mol. The van der Waals surface area contributed by atoms with Crippen molar-refractivity contribution in [1.29, 1.82) is 0 Å². The quantitative estimate of drug-likeness (QED) is 0.793. The van der Waals surface area contributed by atoms with Crippen molar-refractivity contribution in [3.8, 4) is 0 Å². The van der Waals surface area contributed by atoms with Gasteiger partial charge in [-0.2, -0.15) is 0 Å². The van der Waals surface area contributed by atoms with E-state index in [0.717, 1.165) is 23.4 Å². The average Bonchev–Trinajstić information content (AvgIpc) is 2.85.